The van der Waals surface area contributed by atoms with Gasteiger partial charge in [0.15, 0.2) is 5.82 Å². The van der Waals surface area contributed by atoms with Crippen LogP contribution >= 0.6 is 0 Å². The average Bonchev–Trinajstić information content (AvgIpc) is 3.04. The fourth-order valence-electron chi connectivity index (χ4n) is 5.53. The number of likely N-dealkylation sites (tertiary alicyclic amines) is 1. The van der Waals surface area contributed by atoms with Crippen molar-refractivity contribution < 1.29 is 14.7 Å². The molecule has 0 saturated carbocycles. The number of aliphatic hydroxyl groups is 1. The maximum atomic E-state index is 13.1. The van der Waals surface area contributed by atoms with E-state index in [4.69, 9.17) is 5.73 Å². The zero-order chi connectivity index (χ0) is 33.2. The molecule has 46 heavy (non-hydrogen) atoms. The Hall–Kier alpha value is -4.80. The lowest BCUT2D eigenvalue weighted by Gasteiger charge is -2.37. The molecular formula is C36H42N6O4. The number of nitrogens with zero attached hydrogens (tertiary/aromatic N) is 3. The Balaban J connectivity index is 1.32. The van der Waals surface area contributed by atoms with Crippen LogP contribution in [0.4, 0.5) is 17.2 Å². The number of rotatable bonds is 7. The first-order valence-corrected chi connectivity index (χ1v) is 15.5. The summed E-state index contributed by atoms with van der Waals surface area (Å²) in [7, 11) is 1.66. The number of piperidine rings is 1. The molecular weight excluding hydrogens is 580 g/mol. The van der Waals surface area contributed by atoms with Crippen LogP contribution in [-0.2, 0) is 12.5 Å². The van der Waals surface area contributed by atoms with Crippen LogP contribution in [0.5, 0.6) is 0 Å². The Labute approximate surface area is 269 Å². The third-order valence-corrected chi connectivity index (χ3v) is 8.70. The molecule has 4 aromatic rings. The number of nitrogens with two attached hydrogens (primary N) is 1. The van der Waals surface area contributed by atoms with E-state index in [9.17, 15) is 19.5 Å². The number of anilines is 3. The van der Waals surface area contributed by atoms with Crippen LogP contribution in [-0.4, -0.2) is 56.6 Å². The van der Waals surface area contributed by atoms with Gasteiger partial charge in [-0.3, -0.25) is 14.4 Å². The summed E-state index contributed by atoms with van der Waals surface area (Å²) in [5.41, 5.74) is 10.0. The second kappa shape index (κ2) is 12.9. The van der Waals surface area contributed by atoms with Gasteiger partial charge in [0.05, 0.1) is 11.3 Å². The first kappa shape index (κ1) is 32.6. The first-order chi connectivity index (χ1) is 21.8. The van der Waals surface area contributed by atoms with E-state index in [1.54, 1.807) is 42.4 Å². The number of carbonyl (C=O) groups is 2. The summed E-state index contributed by atoms with van der Waals surface area (Å²) in [6, 6.07) is 20.1. The first-order valence-electron chi connectivity index (χ1n) is 15.5. The summed E-state index contributed by atoms with van der Waals surface area (Å²) in [6.45, 7) is 9.35. The zero-order valence-electron chi connectivity index (χ0n) is 27.1. The molecule has 10 heteroatoms. The Bertz CT molecular complexity index is 1800. The van der Waals surface area contributed by atoms with Crippen molar-refractivity contribution in [1.29, 1.82) is 0 Å². The number of hydrogen-bond acceptors (Lipinski definition) is 7. The minimum Gasteiger partial charge on any atom is -0.388 e. The quantitative estimate of drug-likeness (QED) is 0.228. The molecule has 0 bridgehead atoms. The molecule has 5 N–H and O–H groups in total. The van der Waals surface area contributed by atoms with Gasteiger partial charge in [-0.25, -0.2) is 4.98 Å². The molecule has 1 aliphatic rings. The molecule has 240 valence electrons. The summed E-state index contributed by atoms with van der Waals surface area (Å²) in [6.07, 6.45) is 2.56. The topological polar surface area (TPSA) is 143 Å². The Morgan fingerprint density at radius 2 is 1.61 bits per heavy atom. The van der Waals surface area contributed by atoms with Crippen LogP contribution in [0, 0.1) is 6.92 Å². The van der Waals surface area contributed by atoms with Crippen LogP contribution in [0.2, 0.25) is 0 Å². The lowest BCUT2D eigenvalue weighted by atomic mass is 9.86. The molecule has 2 heterocycles. The van der Waals surface area contributed by atoms with Crippen molar-refractivity contribution in [2.24, 2.45) is 12.8 Å². The minimum absolute atomic E-state index is 0.00689. The fourth-order valence-corrected chi connectivity index (χ4v) is 5.53. The molecule has 0 atom stereocenters. The second-order valence-electron chi connectivity index (χ2n) is 13.1. The van der Waals surface area contributed by atoms with Crippen molar-refractivity contribution in [3.63, 3.8) is 0 Å². The summed E-state index contributed by atoms with van der Waals surface area (Å²) in [5.74, 6) is -0.203. The Kier molecular flexibility index (Phi) is 9.14. The lowest BCUT2D eigenvalue weighted by molar-refractivity contribution is -0.00952. The lowest BCUT2D eigenvalue weighted by Crippen LogP contribution is -2.50. The maximum Gasteiger partial charge on any atom is 0.293 e. The van der Waals surface area contributed by atoms with E-state index in [0.717, 1.165) is 16.7 Å². The van der Waals surface area contributed by atoms with Gasteiger partial charge < -0.3 is 30.9 Å². The van der Waals surface area contributed by atoms with Gasteiger partial charge in [-0.2, -0.15) is 0 Å². The third-order valence-electron chi connectivity index (χ3n) is 8.70. The predicted molar refractivity (Wildman–Crippen MR) is 182 cm³/mol. The Morgan fingerprint density at radius 1 is 0.978 bits per heavy atom. The molecule has 1 fully saturated rings. The van der Waals surface area contributed by atoms with Crippen LogP contribution < -0.4 is 21.9 Å². The van der Waals surface area contributed by atoms with E-state index in [2.05, 4.69) is 36.4 Å². The summed E-state index contributed by atoms with van der Waals surface area (Å²) in [5, 5.41) is 16.5. The zero-order valence-corrected chi connectivity index (χ0v) is 27.1. The second-order valence-corrected chi connectivity index (χ2v) is 13.1. The summed E-state index contributed by atoms with van der Waals surface area (Å²) < 4.78 is 1.46. The van der Waals surface area contributed by atoms with Gasteiger partial charge in [0.2, 0.25) is 0 Å². The van der Waals surface area contributed by atoms with Gasteiger partial charge in [-0.15, -0.1) is 0 Å². The average molecular weight is 623 g/mol. The summed E-state index contributed by atoms with van der Waals surface area (Å²) >= 11 is 0. The van der Waals surface area contributed by atoms with Crippen molar-refractivity contribution >= 4 is 29.0 Å². The SMILES string of the molecule is Cc1c(NC(=O)c2ccc(C(C)(C)C)cc2)cccc1-c1cn(C)c(=O)c(Nc2ccc(C(=O)N3CCC(O)(CN)CC3)cc2)n1. The van der Waals surface area contributed by atoms with Crippen molar-refractivity contribution in [2.75, 3.05) is 30.3 Å². The van der Waals surface area contributed by atoms with E-state index < -0.39 is 5.60 Å². The highest BCUT2D eigenvalue weighted by Gasteiger charge is 2.32. The van der Waals surface area contributed by atoms with Gasteiger partial charge in [-0.05, 0) is 78.8 Å². The molecule has 1 aliphatic heterocycles. The molecule has 0 radical (unpaired) electrons. The number of benzene rings is 3. The van der Waals surface area contributed by atoms with Gasteiger partial charge in [0, 0.05) is 60.9 Å². The van der Waals surface area contributed by atoms with Crippen molar-refractivity contribution in [3.05, 3.63) is 106 Å². The fraction of sp³-hybridized carbons (Fsp3) is 0.333. The van der Waals surface area contributed by atoms with Gasteiger partial charge in [0.25, 0.3) is 17.4 Å². The molecule has 1 saturated heterocycles. The largest absolute Gasteiger partial charge is 0.388 e. The number of amides is 2. The molecule has 2 amide bonds. The standard InChI is InChI=1S/C36H42N6O4/c1-23-28(7-6-8-29(23)40-32(43)24-9-13-26(14-10-24)35(2,3)4)30-21-41(5)34(45)31(39-30)38-27-15-11-25(12-16-27)33(44)42-19-17-36(46,22-37)18-20-42/h6-16,21,46H,17-20,22,37H2,1-5H3,(H,38,39)(H,40,43). The van der Waals surface area contributed by atoms with Gasteiger partial charge >= 0.3 is 0 Å². The van der Waals surface area contributed by atoms with Crippen LogP contribution in [0.15, 0.2) is 77.7 Å². The minimum atomic E-state index is -0.912. The molecule has 0 aliphatic carbocycles. The highest BCUT2D eigenvalue weighted by molar-refractivity contribution is 6.05. The van der Waals surface area contributed by atoms with Crippen LogP contribution in [0.25, 0.3) is 11.3 Å². The van der Waals surface area contributed by atoms with E-state index in [-0.39, 0.29) is 35.2 Å². The van der Waals surface area contributed by atoms with Crippen molar-refractivity contribution in [3.8, 4) is 11.3 Å². The van der Waals surface area contributed by atoms with Crippen molar-refractivity contribution in [2.45, 2.75) is 51.6 Å². The van der Waals surface area contributed by atoms with Crippen molar-refractivity contribution in [1.82, 2.24) is 14.5 Å². The molecule has 0 spiro atoms. The molecule has 10 nitrogen and oxygen atoms in total. The number of aromatic nitrogens is 2. The van der Waals surface area contributed by atoms with E-state index >= 15 is 0 Å². The third kappa shape index (κ3) is 7.03. The van der Waals surface area contributed by atoms with Crippen LogP contribution in [0.3, 0.4) is 0 Å². The smallest absolute Gasteiger partial charge is 0.293 e. The number of nitrogens with one attached hydrogen (secondary N) is 2. The number of hydrogen-bond donors (Lipinski definition) is 4. The predicted octanol–water partition coefficient (Wildman–Crippen LogP) is 4.97. The normalized spacial score (nSPS) is 14.5. The highest BCUT2D eigenvalue weighted by Crippen LogP contribution is 2.29. The molecule has 3 aromatic carbocycles. The monoisotopic (exact) mass is 622 g/mol. The molecule has 5 rings (SSSR count). The summed E-state index contributed by atoms with van der Waals surface area (Å²) in [4.78, 5) is 45.6. The van der Waals surface area contributed by atoms with Gasteiger partial charge in [-0.1, -0.05) is 45.0 Å². The van der Waals surface area contributed by atoms with E-state index in [1.807, 2.05) is 49.4 Å². The highest BCUT2D eigenvalue weighted by atomic mass is 16.3. The maximum absolute atomic E-state index is 13.1. The van der Waals surface area contributed by atoms with E-state index in [1.165, 1.54) is 4.57 Å². The number of carbonyl (C=O) groups excluding carboxylic acids is 2. The van der Waals surface area contributed by atoms with Gasteiger partial charge in [0.1, 0.15) is 0 Å². The van der Waals surface area contributed by atoms with Crippen LogP contribution in [0.1, 0.15) is 65.5 Å². The Morgan fingerprint density at radius 3 is 2.22 bits per heavy atom. The van der Waals surface area contributed by atoms with E-state index in [0.29, 0.717) is 54.1 Å². The molecule has 1 aromatic heterocycles. The number of aryl methyl sites for hydroxylation is 1. The molecule has 0 unspecified atom stereocenters.